The number of aryl methyl sites for hydroxylation is 21. The second-order valence-corrected chi connectivity index (χ2v) is 31.5. The van der Waals surface area contributed by atoms with Crippen LogP contribution in [0.4, 0.5) is 0 Å². The van der Waals surface area contributed by atoms with Crippen molar-refractivity contribution < 1.29 is 0 Å². The molecule has 1 unspecified atom stereocenters. The summed E-state index contributed by atoms with van der Waals surface area (Å²) in [5.41, 5.74) is 38.6. The quantitative estimate of drug-likeness (QED) is 0.108. The summed E-state index contributed by atoms with van der Waals surface area (Å²) in [5.74, 6) is 0.704. The summed E-state index contributed by atoms with van der Waals surface area (Å²) in [5, 5.41) is 2.68. The van der Waals surface area contributed by atoms with E-state index in [9.17, 15) is 0 Å². The predicted molar refractivity (Wildman–Crippen MR) is 502 cm³/mol. The summed E-state index contributed by atoms with van der Waals surface area (Å²) in [4.78, 5) is 0. The van der Waals surface area contributed by atoms with E-state index in [2.05, 4.69) is 428 Å². The van der Waals surface area contributed by atoms with Gasteiger partial charge in [0, 0.05) is 0 Å². The number of rotatable bonds is 13. The molecule has 0 radical (unpaired) electrons. The molecule has 0 fully saturated rings. The molecule has 0 aromatic heterocycles. The van der Waals surface area contributed by atoms with Gasteiger partial charge in [0.15, 0.2) is 0 Å². The maximum absolute atomic E-state index is 2.43. The smallest absolute Gasteiger partial charge is 0.0155 e. The molecular formula is C112H142. The third-order valence-corrected chi connectivity index (χ3v) is 20.3. The van der Waals surface area contributed by atoms with Gasteiger partial charge < -0.3 is 0 Å². The lowest BCUT2D eigenvalue weighted by Gasteiger charge is -2.13. The number of unbranched alkanes of at least 4 members (excludes halogenated alkanes) is 3. The zero-order chi connectivity index (χ0) is 82.5. The van der Waals surface area contributed by atoms with Crippen molar-refractivity contribution in [2.75, 3.05) is 0 Å². The van der Waals surface area contributed by atoms with Crippen LogP contribution in [-0.2, 0) is 19.3 Å². The van der Waals surface area contributed by atoms with Crippen molar-refractivity contribution in [3.05, 3.63) is 413 Å². The summed E-state index contributed by atoms with van der Waals surface area (Å²) >= 11 is 0. The standard InChI is InChI=1S/C23H32.C13H12.C12H18.C11H10.C11H16.C10H14.C9H12.2C8H10.C7H8/c1-6-8-10-20-14-21(11-9-7-2)16-23(15-20)22-12-17(3)19(5)18(4)13-22;1-11-7-9-13(10-8-11)12-5-3-2-4-6-12;1-4-5-6-12-8-10(2)7-11(3)9-12;1-9-5-4-7-10-6-2-3-8-11(9)10;1-4-10(3)11-7-5-9(2)6-8-11;1-7-5-8(2)10(4)9(3)6-7;1-7-4-8(2)6-9(3)5-7;2*1-7-3-5-8(2)6-4-7;1-7-5-3-2-4-6-7/h12-16H,6-11H2,1-5H3;2-10H,1H3;7-9H,4-6H2,1-3H3;2-8H,1H3;5-8,10H,4H2,1-3H3;5-6H,1-4H3;4-6H,1-3H3;2*3-6H,1-2H3;2-6H,1H3. The van der Waals surface area contributed by atoms with E-state index in [1.54, 1.807) is 0 Å². The molecule has 13 aromatic rings. The lowest BCUT2D eigenvalue weighted by molar-refractivity contribution is 0.733. The molecule has 0 N–H and O–H groups in total. The Morgan fingerprint density at radius 1 is 0.214 bits per heavy atom. The van der Waals surface area contributed by atoms with Crippen molar-refractivity contribution in [1.82, 2.24) is 0 Å². The van der Waals surface area contributed by atoms with Crippen LogP contribution >= 0.6 is 0 Å². The second-order valence-electron chi connectivity index (χ2n) is 31.5. The number of hydrogen-bond donors (Lipinski definition) is 0. The molecule has 13 rings (SSSR count). The lowest BCUT2D eigenvalue weighted by Crippen LogP contribution is -1.94. The van der Waals surface area contributed by atoms with Crippen molar-refractivity contribution in [3.63, 3.8) is 0 Å². The highest BCUT2D eigenvalue weighted by Gasteiger charge is 2.08. The molecule has 13 aromatic carbocycles. The van der Waals surface area contributed by atoms with Gasteiger partial charge in [0.1, 0.15) is 0 Å². The maximum Gasteiger partial charge on any atom is -0.0155 e. The molecule has 0 aliphatic heterocycles. The lowest BCUT2D eigenvalue weighted by atomic mass is 9.92. The molecule has 112 heavy (non-hydrogen) atoms. The Labute approximate surface area is 684 Å². The van der Waals surface area contributed by atoms with E-state index >= 15 is 0 Å². The van der Waals surface area contributed by atoms with Gasteiger partial charge in [0.05, 0.1) is 0 Å². The zero-order valence-electron chi connectivity index (χ0n) is 74.2. The topological polar surface area (TPSA) is 0 Å². The van der Waals surface area contributed by atoms with Gasteiger partial charge in [0.25, 0.3) is 0 Å². The Morgan fingerprint density at radius 2 is 0.509 bits per heavy atom. The van der Waals surface area contributed by atoms with Crippen LogP contribution in [0, 0.1) is 138 Å². The summed E-state index contributed by atoms with van der Waals surface area (Å²) < 4.78 is 0. The first-order chi connectivity index (χ1) is 53.5. The molecule has 0 aliphatic carbocycles. The number of fused-ring (bicyclic) bond motifs is 1. The fourth-order valence-electron chi connectivity index (χ4n) is 12.9. The highest BCUT2D eigenvalue weighted by Crippen LogP contribution is 2.29. The molecule has 0 saturated heterocycles. The molecule has 0 aliphatic rings. The van der Waals surface area contributed by atoms with E-state index < -0.39 is 0 Å². The van der Waals surface area contributed by atoms with Crippen molar-refractivity contribution in [2.24, 2.45) is 0 Å². The Balaban J connectivity index is 0.000000268. The second kappa shape index (κ2) is 52.4. The highest BCUT2D eigenvalue weighted by atomic mass is 14.1. The molecule has 0 saturated carbocycles. The number of hydrogen-bond acceptors (Lipinski definition) is 0. The first kappa shape index (κ1) is 94.5. The Morgan fingerprint density at radius 3 is 0.875 bits per heavy atom. The minimum atomic E-state index is 0.704. The molecule has 0 amide bonds. The average molecular weight is 1490 g/mol. The molecule has 0 spiro atoms. The van der Waals surface area contributed by atoms with E-state index in [1.165, 1.54) is 231 Å². The van der Waals surface area contributed by atoms with Crippen LogP contribution in [0.25, 0.3) is 33.0 Å². The summed E-state index contributed by atoms with van der Waals surface area (Å²) in [6.07, 6.45) is 12.5. The Kier molecular flexibility index (Phi) is 44.2. The van der Waals surface area contributed by atoms with Gasteiger partial charge in [-0.05, 0) is 284 Å². The molecule has 0 bridgehead atoms. The summed E-state index contributed by atoms with van der Waals surface area (Å²) in [6, 6.07) is 99.7. The predicted octanol–water partition coefficient (Wildman–Crippen LogP) is 33.1. The van der Waals surface area contributed by atoms with Crippen molar-refractivity contribution in [2.45, 2.75) is 243 Å². The zero-order valence-corrected chi connectivity index (χ0v) is 74.2. The molecule has 0 heterocycles. The van der Waals surface area contributed by atoms with E-state index in [0.29, 0.717) is 5.92 Å². The molecule has 0 nitrogen and oxygen atoms in total. The Hall–Kier alpha value is -9.88. The van der Waals surface area contributed by atoms with Crippen LogP contribution in [0.15, 0.2) is 279 Å². The highest BCUT2D eigenvalue weighted by molar-refractivity contribution is 5.85. The van der Waals surface area contributed by atoms with Crippen molar-refractivity contribution in [1.29, 1.82) is 0 Å². The van der Waals surface area contributed by atoms with E-state index in [-0.39, 0.29) is 0 Å². The molecular weight excluding hydrogens is 1350 g/mol. The van der Waals surface area contributed by atoms with Gasteiger partial charge >= 0.3 is 0 Å². The van der Waals surface area contributed by atoms with Crippen LogP contribution < -0.4 is 0 Å². The normalized spacial score (nSPS) is 10.3. The van der Waals surface area contributed by atoms with Crippen LogP contribution in [0.3, 0.4) is 0 Å². The third kappa shape index (κ3) is 37.9. The van der Waals surface area contributed by atoms with Gasteiger partial charge in [-0.2, -0.15) is 0 Å². The third-order valence-electron chi connectivity index (χ3n) is 20.3. The van der Waals surface area contributed by atoms with Gasteiger partial charge in [-0.3, -0.25) is 0 Å². The first-order valence-electron chi connectivity index (χ1n) is 41.6. The fourth-order valence-corrected chi connectivity index (χ4v) is 12.9. The molecule has 590 valence electrons. The minimum absolute atomic E-state index is 0.704. The summed E-state index contributed by atoms with van der Waals surface area (Å²) in [7, 11) is 0. The first-order valence-corrected chi connectivity index (χ1v) is 41.6. The van der Waals surface area contributed by atoms with E-state index in [4.69, 9.17) is 0 Å². The van der Waals surface area contributed by atoms with E-state index in [1.807, 2.05) is 24.3 Å². The van der Waals surface area contributed by atoms with Gasteiger partial charge in [-0.1, -0.05) is 405 Å². The number of benzene rings is 13. The Bertz CT molecular complexity index is 4500. The van der Waals surface area contributed by atoms with E-state index in [0.717, 1.165) is 0 Å². The average Bonchev–Trinajstić information content (AvgIpc) is 0.811. The fraction of sp³-hybridized carbons (Fsp3) is 0.321. The van der Waals surface area contributed by atoms with Crippen molar-refractivity contribution >= 4 is 10.8 Å². The van der Waals surface area contributed by atoms with Gasteiger partial charge in [-0.15, -0.1) is 0 Å². The minimum Gasteiger partial charge on any atom is -0.0654 e. The van der Waals surface area contributed by atoms with Gasteiger partial charge in [-0.25, -0.2) is 0 Å². The summed E-state index contributed by atoms with van der Waals surface area (Å²) in [6.45, 7) is 54.1. The van der Waals surface area contributed by atoms with Crippen LogP contribution in [0.5, 0.6) is 0 Å². The van der Waals surface area contributed by atoms with Crippen LogP contribution in [0.2, 0.25) is 0 Å². The monoisotopic (exact) mass is 1490 g/mol. The largest absolute Gasteiger partial charge is 0.0654 e. The van der Waals surface area contributed by atoms with Crippen LogP contribution in [0.1, 0.15) is 219 Å². The molecule has 0 heteroatoms. The van der Waals surface area contributed by atoms with Crippen molar-refractivity contribution in [3.8, 4) is 22.3 Å². The van der Waals surface area contributed by atoms with Crippen LogP contribution in [-0.4, -0.2) is 0 Å². The van der Waals surface area contributed by atoms with Gasteiger partial charge in [0.2, 0.25) is 0 Å². The molecule has 1 atom stereocenters. The SMILES string of the molecule is CCC(C)c1ccc(C)cc1.CCCCc1cc(C)cc(C)c1.CCCCc1cc(CCCC)cc(-c2cc(C)c(C)c(C)c2)c1.Cc1cc(C)c(C)c(C)c1.Cc1cc(C)cc(C)c1.Cc1ccc(-c2ccccc2)cc1.Cc1ccc(C)cc1.Cc1ccc(C)cc1.Cc1cccc2ccccc12.Cc1ccccc1. The maximum atomic E-state index is 2.43.